The zero-order valence-electron chi connectivity index (χ0n) is 26.6. The number of sulfonamides is 1. The van der Waals surface area contributed by atoms with Crippen LogP contribution < -0.4 is 9.62 Å². The molecule has 0 aliphatic heterocycles. The number of nitrogens with zero attached hydrogens (tertiary/aromatic N) is 2. The van der Waals surface area contributed by atoms with E-state index in [2.05, 4.69) is 5.32 Å². The van der Waals surface area contributed by atoms with E-state index in [0.717, 1.165) is 42.0 Å². The first kappa shape index (κ1) is 35.7. The van der Waals surface area contributed by atoms with Gasteiger partial charge in [0.15, 0.2) is 0 Å². The predicted octanol–water partition coefficient (Wildman–Crippen LogP) is 8.24. The molecule has 0 unspecified atom stereocenters. The van der Waals surface area contributed by atoms with E-state index in [0.29, 0.717) is 31.9 Å². The molecule has 5 rings (SSSR count). The summed E-state index contributed by atoms with van der Waals surface area (Å²) in [6, 6.07) is 26.2. The summed E-state index contributed by atoms with van der Waals surface area (Å²) in [7, 11) is -4.26. The minimum Gasteiger partial charge on any atom is -0.352 e. The second-order valence-electron chi connectivity index (χ2n) is 12.0. The van der Waals surface area contributed by atoms with Crippen LogP contribution >= 0.6 is 34.8 Å². The van der Waals surface area contributed by atoms with Gasteiger partial charge in [-0.15, -0.1) is 0 Å². The van der Waals surface area contributed by atoms with Crippen molar-refractivity contribution in [2.45, 2.75) is 69.0 Å². The smallest absolute Gasteiger partial charge is 0.264 e. The third-order valence-corrected chi connectivity index (χ3v) is 11.4. The van der Waals surface area contributed by atoms with E-state index in [-0.39, 0.29) is 29.8 Å². The first-order chi connectivity index (χ1) is 23.0. The highest BCUT2D eigenvalue weighted by molar-refractivity contribution is 7.92. The highest BCUT2D eigenvalue weighted by Crippen LogP contribution is 2.31. The van der Waals surface area contributed by atoms with E-state index in [4.69, 9.17) is 34.8 Å². The Labute approximate surface area is 297 Å². The van der Waals surface area contributed by atoms with Gasteiger partial charge >= 0.3 is 0 Å². The standard InChI is InChI=1S/C37H38Cl3N3O4S/c1-26-11-8-9-18-34(26)43(48(46,47)30-21-19-28(38)20-22-30)25-36(44)42(24-31-32(39)16-10-17-33(31)40)35(23-27-12-4-2-5-13-27)37(45)41-29-14-6-3-7-15-29/h2,4-5,8-13,16-22,29,35H,3,6-7,14-15,23-25H2,1H3,(H,41,45)/t35-/m0/s1. The van der Waals surface area contributed by atoms with E-state index in [1.807, 2.05) is 30.3 Å². The van der Waals surface area contributed by atoms with Gasteiger partial charge < -0.3 is 10.2 Å². The van der Waals surface area contributed by atoms with Crippen molar-refractivity contribution in [2.24, 2.45) is 0 Å². The Morgan fingerprint density at radius 3 is 2.08 bits per heavy atom. The fourth-order valence-corrected chi connectivity index (χ4v) is 8.16. The molecule has 0 heterocycles. The maximum atomic E-state index is 14.8. The number of carbonyl (C=O) groups is 2. The van der Waals surface area contributed by atoms with Gasteiger partial charge in [0.05, 0.1) is 10.6 Å². The highest BCUT2D eigenvalue weighted by Gasteiger charge is 2.36. The fourth-order valence-electron chi connectivity index (χ4n) is 6.04. The van der Waals surface area contributed by atoms with Crippen LogP contribution in [0.2, 0.25) is 15.1 Å². The monoisotopic (exact) mass is 725 g/mol. The molecule has 48 heavy (non-hydrogen) atoms. The van der Waals surface area contributed by atoms with Gasteiger partial charge in [-0.2, -0.15) is 0 Å². The number of hydrogen-bond donors (Lipinski definition) is 1. The lowest BCUT2D eigenvalue weighted by Crippen LogP contribution is -2.55. The number of halogens is 3. The average molecular weight is 727 g/mol. The number of rotatable bonds is 12. The Hall–Kier alpha value is -3.56. The zero-order valence-corrected chi connectivity index (χ0v) is 29.7. The topological polar surface area (TPSA) is 86.8 Å². The number of amides is 2. The van der Waals surface area contributed by atoms with E-state index < -0.39 is 28.5 Å². The molecule has 252 valence electrons. The molecule has 2 amide bonds. The SMILES string of the molecule is Cc1ccccc1N(CC(=O)N(Cc1c(Cl)cccc1Cl)[C@@H](Cc1ccccc1)C(=O)NC1CCCCC1)S(=O)(=O)c1ccc(Cl)cc1. The van der Waals surface area contributed by atoms with Crippen LogP contribution in [0.3, 0.4) is 0 Å². The minimum atomic E-state index is -4.26. The van der Waals surface area contributed by atoms with Crippen molar-refractivity contribution >= 4 is 62.3 Å². The van der Waals surface area contributed by atoms with Crippen LogP contribution in [0.15, 0.2) is 102 Å². The molecule has 1 atom stereocenters. The largest absolute Gasteiger partial charge is 0.352 e. The molecule has 4 aromatic rings. The summed E-state index contributed by atoms with van der Waals surface area (Å²) in [5.74, 6) is -0.906. The van der Waals surface area contributed by atoms with Crippen molar-refractivity contribution in [3.63, 3.8) is 0 Å². The normalized spacial score (nSPS) is 14.2. The molecule has 1 aliphatic rings. The number of nitrogens with one attached hydrogen (secondary N) is 1. The Kier molecular flexibility index (Phi) is 12.1. The maximum absolute atomic E-state index is 14.8. The molecular formula is C37H38Cl3N3O4S. The lowest BCUT2D eigenvalue weighted by atomic mass is 9.94. The zero-order chi connectivity index (χ0) is 34.3. The molecule has 1 aliphatic carbocycles. The van der Waals surface area contributed by atoms with Gasteiger partial charge in [0.1, 0.15) is 12.6 Å². The quantitative estimate of drug-likeness (QED) is 0.159. The van der Waals surface area contributed by atoms with Crippen molar-refractivity contribution in [3.05, 3.63) is 129 Å². The molecule has 1 N–H and O–H groups in total. The fraction of sp³-hybridized carbons (Fsp3) is 0.297. The highest BCUT2D eigenvalue weighted by atomic mass is 35.5. The summed E-state index contributed by atoms with van der Waals surface area (Å²) in [4.78, 5) is 30.4. The summed E-state index contributed by atoms with van der Waals surface area (Å²) in [5.41, 5.74) is 2.29. The molecule has 7 nitrogen and oxygen atoms in total. The molecule has 0 radical (unpaired) electrons. The molecule has 0 aromatic heterocycles. The Morgan fingerprint density at radius 1 is 0.812 bits per heavy atom. The van der Waals surface area contributed by atoms with Crippen LogP contribution in [0.4, 0.5) is 5.69 Å². The third-order valence-electron chi connectivity index (χ3n) is 8.68. The van der Waals surface area contributed by atoms with Crippen molar-refractivity contribution in [2.75, 3.05) is 10.8 Å². The number of aryl methyl sites for hydroxylation is 1. The van der Waals surface area contributed by atoms with Crippen LogP contribution in [0, 0.1) is 6.92 Å². The molecular weight excluding hydrogens is 689 g/mol. The van der Waals surface area contributed by atoms with Gasteiger partial charge in [-0.3, -0.25) is 13.9 Å². The van der Waals surface area contributed by atoms with E-state index in [1.165, 1.54) is 29.2 Å². The van der Waals surface area contributed by atoms with E-state index in [9.17, 15) is 18.0 Å². The second kappa shape index (κ2) is 16.2. The number of carbonyl (C=O) groups excluding carboxylic acids is 2. The lowest BCUT2D eigenvalue weighted by molar-refractivity contribution is -0.140. The minimum absolute atomic E-state index is 0.0147. The molecule has 4 aromatic carbocycles. The van der Waals surface area contributed by atoms with Crippen molar-refractivity contribution in [1.29, 1.82) is 0 Å². The van der Waals surface area contributed by atoms with Crippen LogP contribution in [0.1, 0.15) is 48.8 Å². The first-order valence-corrected chi connectivity index (χ1v) is 18.5. The summed E-state index contributed by atoms with van der Waals surface area (Å²) >= 11 is 19.3. The van der Waals surface area contributed by atoms with Crippen molar-refractivity contribution in [3.8, 4) is 0 Å². The van der Waals surface area contributed by atoms with Crippen LogP contribution in [0.25, 0.3) is 0 Å². The lowest BCUT2D eigenvalue weighted by Gasteiger charge is -2.35. The number of anilines is 1. The molecule has 0 spiro atoms. The summed E-state index contributed by atoms with van der Waals surface area (Å²) < 4.78 is 29.6. The third kappa shape index (κ3) is 8.72. The van der Waals surface area contributed by atoms with Gasteiger partial charge in [-0.05, 0) is 73.4 Å². The Balaban J connectivity index is 1.60. The second-order valence-corrected chi connectivity index (χ2v) is 15.1. The number of hydrogen-bond acceptors (Lipinski definition) is 4. The van der Waals surface area contributed by atoms with Crippen molar-refractivity contribution < 1.29 is 18.0 Å². The Morgan fingerprint density at radius 2 is 1.44 bits per heavy atom. The van der Waals surface area contributed by atoms with Gasteiger partial charge in [0, 0.05) is 39.6 Å². The van der Waals surface area contributed by atoms with E-state index in [1.54, 1.807) is 49.4 Å². The van der Waals surface area contributed by atoms with Crippen LogP contribution in [0.5, 0.6) is 0 Å². The van der Waals surface area contributed by atoms with Gasteiger partial charge in [-0.25, -0.2) is 8.42 Å². The molecule has 0 saturated heterocycles. The summed E-state index contributed by atoms with van der Waals surface area (Å²) in [6.07, 6.45) is 5.05. The van der Waals surface area contributed by atoms with Crippen LogP contribution in [-0.2, 0) is 32.6 Å². The van der Waals surface area contributed by atoms with Crippen molar-refractivity contribution in [1.82, 2.24) is 10.2 Å². The van der Waals surface area contributed by atoms with Gasteiger partial charge in [0.25, 0.3) is 10.0 Å². The summed E-state index contributed by atoms with van der Waals surface area (Å²) in [5, 5.41) is 4.24. The van der Waals surface area contributed by atoms with Crippen LogP contribution in [-0.4, -0.2) is 43.8 Å². The molecule has 1 fully saturated rings. The van der Waals surface area contributed by atoms with E-state index >= 15 is 0 Å². The maximum Gasteiger partial charge on any atom is 0.264 e. The summed E-state index contributed by atoms with van der Waals surface area (Å²) in [6.45, 7) is 1.08. The molecule has 0 bridgehead atoms. The van der Waals surface area contributed by atoms with Gasteiger partial charge in [0.2, 0.25) is 11.8 Å². The number of para-hydroxylation sites is 1. The molecule has 1 saturated carbocycles. The predicted molar refractivity (Wildman–Crippen MR) is 193 cm³/mol. The van der Waals surface area contributed by atoms with Gasteiger partial charge in [-0.1, -0.05) is 109 Å². The molecule has 11 heteroatoms. The Bertz CT molecular complexity index is 1810. The average Bonchev–Trinajstić information content (AvgIpc) is 3.07. The first-order valence-electron chi connectivity index (χ1n) is 15.9. The number of benzene rings is 4.